The predicted octanol–water partition coefficient (Wildman–Crippen LogP) is 4.99. The van der Waals surface area contributed by atoms with Crippen LogP contribution in [0.15, 0.2) is 41.4 Å². The maximum atomic E-state index is 12.8. The zero-order valence-electron chi connectivity index (χ0n) is 18.1. The number of nitrogens with one attached hydrogen (secondary N) is 1. The number of benzene rings is 1. The molecule has 3 rings (SSSR count). The molecule has 2 heterocycles. The van der Waals surface area contributed by atoms with Crippen LogP contribution in [0.3, 0.4) is 0 Å². The van der Waals surface area contributed by atoms with E-state index in [0.717, 1.165) is 12.3 Å². The second-order valence-electron chi connectivity index (χ2n) is 7.62. The van der Waals surface area contributed by atoms with Gasteiger partial charge in [-0.15, -0.1) is 0 Å². The van der Waals surface area contributed by atoms with Crippen LogP contribution in [-0.4, -0.2) is 36.8 Å². The second-order valence-corrected chi connectivity index (χ2v) is 9.33. The number of alkyl halides is 5. The zero-order valence-corrected chi connectivity index (χ0v) is 18.9. The first kappa shape index (κ1) is 25.4. The quantitative estimate of drug-likeness (QED) is 0.460. The minimum absolute atomic E-state index is 0.114. The average molecular weight is 502 g/mol. The smallest absolute Gasteiger partial charge is 0.404 e. The number of nitriles is 1. The molecule has 0 radical (unpaired) electrons. The lowest BCUT2D eigenvalue weighted by Crippen LogP contribution is -2.42. The summed E-state index contributed by atoms with van der Waals surface area (Å²) in [6, 6.07) is 5.90. The molecule has 0 fully saturated rings. The van der Waals surface area contributed by atoms with Crippen molar-refractivity contribution in [1.82, 2.24) is 14.3 Å². The van der Waals surface area contributed by atoms with Crippen molar-refractivity contribution in [1.29, 1.82) is 5.26 Å². The van der Waals surface area contributed by atoms with Gasteiger partial charge in [-0.25, -0.2) is 8.42 Å². The number of halogens is 5. The van der Waals surface area contributed by atoms with Crippen LogP contribution in [0.25, 0.3) is 22.3 Å². The summed E-state index contributed by atoms with van der Waals surface area (Å²) in [5.74, 6) is -0.114. The van der Waals surface area contributed by atoms with E-state index in [0.29, 0.717) is 23.5 Å². The first-order valence-corrected chi connectivity index (χ1v) is 11.3. The molecule has 0 aliphatic rings. The first-order chi connectivity index (χ1) is 15.8. The minimum atomic E-state index is -4.77. The lowest BCUT2D eigenvalue weighted by atomic mass is 10.1. The molecule has 34 heavy (non-hydrogen) atoms. The molecule has 182 valence electrons. The number of hydrogen-bond acceptors (Lipinski definition) is 5. The Balaban J connectivity index is 2.12. The van der Waals surface area contributed by atoms with Gasteiger partial charge in [0.1, 0.15) is 22.8 Å². The maximum absolute atomic E-state index is 12.8. The van der Waals surface area contributed by atoms with E-state index in [1.807, 2.05) is 0 Å². The molecular formula is C21H19F5N4O3S. The molecule has 2 aromatic heterocycles. The second kappa shape index (κ2) is 9.19. The molecule has 3 aromatic rings. The van der Waals surface area contributed by atoms with Crippen LogP contribution in [0.2, 0.25) is 0 Å². The van der Waals surface area contributed by atoms with E-state index in [4.69, 9.17) is 0 Å². The zero-order chi connectivity index (χ0) is 25.4. The fourth-order valence-corrected chi connectivity index (χ4v) is 4.59. The van der Waals surface area contributed by atoms with Gasteiger partial charge in [0.25, 0.3) is 0 Å². The Morgan fingerprint density at radius 2 is 1.82 bits per heavy atom. The van der Waals surface area contributed by atoms with Gasteiger partial charge >= 0.3 is 12.8 Å². The third-order valence-corrected chi connectivity index (χ3v) is 6.47. The van der Waals surface area contributed by atoms with Crippen LogP contribution in [0.5, 0.6) is 5.75 Å². The molecule has 13 heteroatoms. The molecule has 1 N–H and O–H groups in total. The van der Waals surface area contributed by atoms with Crippen molar-refractivity contribution >= 4 is 20.9 Å². The molecule has 1 atom stereocenters. The van der Waals surface area contributed by atoms with Gasteiger partial charge < -0.3 is 9.30 Å². The fourth-order valence-electron chi connectivity index (χ4n) is 3.41. The van der Waals surface area contributed by atoms with Crippen LogP contribution >= 0.6 is 0 Å². The molecule has 0 bridgehead atoms. The first-order valence-electron chi connectivity index (χ1n) is 9.84. The largest absolute Gasteiger partial charge is 0.435 e. The van der Waals surface area contributed by atoms with Crippen LogP contribution in [-0.2, 0) is 10.0 Å². The molecule has 0 spiro atoms. The normalized spacial score (nSPS) is 13.4. The van der Waals surface area contributed by atoms with Gasteiger partial charge in [0.05, 0.1) is 22.5 Å². The van der Waals surface area contributed by atoms with Gasteiger partial charge in [-0.05, 0) is 45.0 Å². The predicted molar refractivity (Wildman–Crippen MR) is 113 cm³/mol. The SMILES string of the molecule is CC(C)n1c(-c2ccc(S(=O)(=O)NC(C)C(F)(F)F)cn2)c(C#N)c2ccc(OC(F)F)cc21. The number of hydrogen-bond donors (Lipinski definition) is 1. The molecule has 0 amide bonds. The molecule has 1 unspecified atom stereocenters. The summed E-state index contributed by atoms with van der Waals surface area (Å²) in [4.78, 5) is 3.58. The average Bonchev–Trinajstić information content (AvgIpc) is 3.06. The lowest BCUT2D eigenvalue weighted by molar-refractivity contribution is -0.147. The monoisotopic (exact) mass is 502 g/mol. The molecular weight excluding hydrogens is 483 g/mol. The highest BCUT2D eigenvalue weighted by Crippen LogP contribution is 2.37. The van der Waals surface area contributed by atoms with Crippen molar-refractivity contribution in [2.45, 2.75) is 50.5 Å². The summed E-state index contributed by atoms with van der Waals surface area (Å²) in [6.07, 6.45) is -3.89. The van der Waals surface area contributed by atoms with E-state index in [2.05, 4.69) is 15.8 Å². The van der Waals surface area contributed by atoms with Gasteiger partial charge in [0.2, 0.25) is 10.0 Å². The van der Waals surface area contributed by atoms with E-state index in [1.165, 1.54) is 24.3 Å². The van der Waals surface area contributed by atoms with Gasteiger partial charge in [-0.3, -0.25) is 4.98 Å². The maximum Gasteiger partial charge on any atom is 0.404 e. The van der Waals surface area contributed by atoms with Crippen molar-refractivity contribution in [3.63, 3.8) is 0 Å². The molecule has 0 aliphatic carbocycles. The Labute approximate surface area is 191 Å². The van der Waals surface area contributed by atoms with Crippen LogP contribution in [0, 0.1) is 11.3 Å². The summed E-state index contributed by atoms with van der Waals surface area (Å²) >= 11 is 0. The summed E-state index contributed by atoms with van der Waals surface area (Å²) in [6.45, 7) is 1.20. The Hall–Kier alpha value is -3.24. The molecule has 7 nitrogen and oxygen atoms in total. The molecule has 0 saturated carbocycles. The van der Waals surface area contributed by atoms with Crippen molar-refractivity contribution in [2.75, 3.05) is 0 Å². The summed E-state index contributed by atoms with van der Waals surface area (Å²) < 4.78 is 95.9. The molecule has 0 aliphatic heterocycles. The van der Waals surface area contributed by atoms with Crippen LogP contribution in [0.1, 0.15) is 32.4 Å². The number of ether oxygens (including phenoxy) is 1. The van der Waals surface area contributed by atoms with Gasteiger partial charge in [-0.1, -0.05) is 0 Å². The van der Waals surface area contributed by atoms with Gasteiger partial charge in [-0.2, -0.15) is 31.9 Å². The van der Waals surface area contributed by atoms with Crippen LogP contribution in [0.4, 0.5) is 22.0 Å². The van der Waals surface area contributed by atoms with E-state index in [9.17, 15) is 35.6 Å². The molecule has 0 saturated heterocycles. The Bertz CT molecular complexity index is 1340. The summed E-state index contributed by atoms with van der Waals surface area (Å²) in [7, 11) is -4.52. The third-order valence-electron chi connectivity index (χ3n) is 4.94. The number of fused-ring (bicyclic) bond motifs is 1. The van der Waals surface area contributed by atoms with Gasteiger partial charge in [0.15, 0.2) is 0 Å². The number of aromatic nitrogens is 2. The van der Waals surface area contributed by atoms with E-state index in [1.54, 1.807) is 23.1 Å². The number of sulfonamides is 1. The number of pyridine rings is 1. The Morgan fingerprint density at radius 3 is 2.32 bits per heavy atom. The third kappa shape index (κ3) is 4.97. The highest BCUT2D eigenvalue weighted by atomic mass is 32.2. The van der Waals surface area contributed by atoms with Crippen molar-refractivity contribution in [2.24, 2.45) is 0 Å². The topological polar surface area (TPSA) is 97.0 Å². The summed E-state index contributed by atoms with van der Waals surface area (Å²) in [5, 5.41) is 10.2. The van der Waals surface area contributed by atoms with Gasteiger partial charge in [0, 0.05) is 23.7 Å². The van der Waals surface area contributed by atoms with Crippen LogP contribution < -0.4 is 9.46 Å². The number of nitrogens with zero attached hydrogens (tertiary/aromatic N) is 3. The highest BCUT2D eigenvalue weighted by Gasteiger charge is 2.39. The fraction of sp³-hybridized carbons (Fsp3) is 0.333. The van der Waals surface area contributed by atoms with Crippen molar-refractivity contribution < 1.29 is 35.1 Å². The highest BCUT2D eigenvalue weighted by molar-refractivity contribution is 7.89. The van der Waals surface area contributed by atoms with Crippen molar-refractivity contribution in [3.8, 4) is 23.2 Å². The van der Waals surface area contributed by atoms with E-state index in [-0.39, 0.29) is 23.0 Å². The van der Waals surface area contributed by atoms with E-state index >= 15 is 0 Å². The Kier molecular flexibility index (Phi) is 6.86. The van der Waals surface area contributed by atoms with Crippen molar-refractivity contribution in [3.05, 3.63) is 42.1 Å². The standard InChI is InChI=1S/C21H19F5N4O3S/c1-11(2)30-18-8-13(33-20(22)23)4-6-15(18)16(9-27)19(30)17-7-5-14(10-28-17)34(31,32)29-12(3)21(24,25)26/h4-8,10-12,20,29H,1-3H3. The summed E-state index contributed by atoms with van der Waals surface area (Å²) in [5.41, 5.74) is 1.04. The minimum Gasteiger partial charge on any atom is -0.435 e. The van der Waals surface area contributed by atoms with E-state index < -0.39 is 33.7 Å². The number of rotatable bonds is 7. The lowest BCUT2D eigenvalue weighted by Gasteiger charge is -2.17. The molecule has 1 aromatic carbocycles. The Morgan fingerprint density at radius 1 is 1.15 bits per heavy atom.